The van der Waals surface area contributed by atoms with E-state index in [2.05, 4.69) is 56.5 Å². The third-order valence-corrected chi connectivity index (χ3v) is 8.22. The van der Waals surface area contributed by atoms with E-state index in [1.807, 2.05) is 0 Å². The second kappa shape index (κ2) is 6.80. The smallest absolute Gasteiger partial charge is 0.226 e. The predicted molar refractivity (Wildman–Crippen MR) is 107 cm³/mol. The van der Waals surface area contributed by atoms with Crippen molar-refractivity contribution in [2.75, 3.05) is 19.6 Å². The molecule has 1 amide bonds. The molecule has 1 aromatic carbocycles. The van der Waals surface area contributed by atoms with Crippen molar-refractivity contribution in [3.8, 4) is 0 Å². The Morgan fingerprint density at radius 2 is 1.71 bits per heavy atom. The molecule has 6 atom stereocenters. The predicted octanol–water partition coefficient (Wildman–Crippen LogP) is 1.22. The maximum atomic E-state index is 13.7. The normalized spacial score (nSPS) is 44.4. The number of benzene rings is 1. The molecule has 2 bridgehead atoms. The van der Waals surface area contributed by atoms with Crippen LogP contribution in [-0.4, -0.2) is 59.5 Å². The summed E-state index contributed by atoms with van der Waals surface area (Å²) in [6, 6.07) is 12.7. The zero-order chi connectivity index (χ0) is 18.7. The van der Waals surface area contributed by atoms with Gasteiger partial charge < -0.3 is 4.90 Å². The van der Waals surface area contributed by atoms with Gasteiger partial charge in [0.15, 0.2) is 0 Å². The van der Waals surface area contributed by atoms with E-state index in [1.54, 1.807) is 0 Å². The van der Waals surface area contributed by atoms with Gasteiger partial charge in [0.1, 0.15) is 0 Å². The van der Waals surface area contributed by atoms with Crippen molar-refractivity contribution < 1.29 is 4.79 Å². The molecule has 1 saturated carbocycles. The summed E-state index contributed by atoms with van der Waals surface area (Å²) in [6.07, 6.45) is 5.55. The summed E-state index contributed by atoms with van der Waals surface area (Å²) in [7, 11) is 0. The van der Waals surface area contributed by atoms with Crippen LogP contribution in [0.15, 0.2) is 30.3 Å². The van der Waals surface area contributed by atoms with Crippen molar-refractivity contribution in [3.63, 3.8) is 0 Å². The van der Waals surface area contributed by atoms with Crippen LogP contribution in [0.25, 0.3) is 0 Å². The second-order valence-electron chi connectivity index (χ2n) is 9.50. The van der Waals surface area contributed by atoms with E-state index in [1.165, 1.54) is 31.5 Å². The molecule has 6 heteroatoms. The summed E-state index contributed by atoms with van der Waals surface area (Å²) in [5.74, 6) is 1.75. The lowest BCUT2D eigenvalue weighted by Crippen LogP contribution is -2.61. The van der Waals surface area contributed by atoms with Crippen molar-refractivity contribution >= 4 is 5.91 Å². The summed E-state index contributed by atoms with van der Waals surface area (Å²) in [5, 5.41) is 0. The molecule has 5 heterocycles. The van der Waals surface area contributed by atoms with Gasteiger partial charge in [-0.05, 0) is 56.7 Å². The first-order valence-corrected chi connectivity index (χ1v) is 11.1. The summed E-state index contributed by atoms with van der Waals surface area (Å²) < 4.78 is 0. The third-order valence-electron chi connectivity index (χ3n) is 8.22. The molecule has 3 N–H and O–H groups in total. The molecular weight excluding hydrogens is 350 g/mol. The first-order chi connectivity index (χ1) is 13.8. The molecule has 3 unspecified atom stereocenters. The van der Waals surface area contributed by atoms with E-state index in [4.69, 9.17) is 0 Å². The lowest BCUT2D eigenvalue weighted by atomic mass is 9.75. The molecule has 1 aliphatic carbocycles. The lowest BCUT2D eigenvalue weighted by molar-refractivity contribution is -0.141. The zero-order valence-corrected chi connectivity index (χ0v) is 16.4. The average molecular weight is 382 g/mol. The van der Waals surface area contributed by atoms with Crippen LogP contribution in [0.5, 0.6) is 0 Å². The third kappa shape index (κ3) is 2.65. The molecule has 5 saturated heterocycles. The first-order valence-electron chi connectivity index (χ1n) is 11.1. The van der Waals surface area contributed by atoms with Crippen LogP contribution >= 0.6 is 0 Å². The van der Waals surface area contributed by atoms with Gasteiger partial charge in [0.05, 0.1) is 6.04 Å². The van der Waals surface area contributed by atoms with Crippen LogP contribution in [0.2, 0.25) is 0 Å². The van der Waals surface area contributed by atoms with E-state index in [9.17, 15) is 4.79 Å². The second-order valence-corrected chi connectivity index (χ2v) is 9.50. The molecular formula is C22H31N5O. The van der Waals surface area contributed by atoms with Gasteiger partial charge in [0.2, 0.25) is 5.91 Å². The van der Waals surface area contributed by atoms with Gasteiger partial charge in [-0.1, -0.05) is 30.3 Å². The highest BCUT2D eigenvalue weighted by molar-refractivity contribution is 5.80. The highest BCUT2D eigenvalue weighted by atomic mass is 16.2. The SMILES string of the molecule is O=C(C1CCC2NNNC2C1)N1C[C@H](c2ccccc2)[C@@H]2[C@H]1C1CCN2CC1. The Kier molecular flexibility index (Phi) is 4.22. The van der Waals surface area contributed by atoms with Gasteiger partial charge in [0.25, 0.3) is 0 Å². The van der Waals surface area contributed by atoms with Gasteiger partial charge in [-0.15, -0.1) is 0 Å². The minimum atomic E-state index is 0.168. The monoisotopic (exact) mass is 381 g/mol. The average Bonchev–Trinajstić information content (AvgIpc) is 3.40. The highest BCUT2D eigenvalue weighted by Crippen LogP contribution is 2.47. The van der Waals surface area contributed by atoms with E-state index < -0.39 is 0 Å². The minimum Gasteiger partial charge on any atom is -0.337 e. The Labute approximate surface area is 167 Å². The summed E-state index contributed by atoms with van der Waals surface area (Å²) >= 11 is 0. The fourth-order valence-corrected chi connectivity index (χ4v) is 6.86. The molecule has 5 aliphatic heterocycles. The quantitative estimate of drug-likeness (QED) is 0.719. The number of rotatable bonds is 2. The molecule has 28 heavy (non-hydrogen) atoms. The van der Waals surface area contributed by atoms with Crippen LogP contribution in [-0.2, 0) is 4.79 Å². The van der Waals surface area contributed by atoms with Crippen LogP contribution in [0, 0.1) is 11.8 Å². The van der Waals surface area contributed by atoms with Gasteiger partial charge in [-0.3, -0.25) is 9.69 Å². The summed E-state index contributed by atoms with van der Waals surface area (Å²) in [4.78, 5) is 18.8. The number of piperidine rings is 3. The highest BCUT2D eigenvalue weighted by Gasteiger charge is 2.55. The Morgan fingerprint density at radius 1 is 0.929 bits per heavy atom. The first kappa shape index (κ1) is 17.4. The van der Waals surface area contributed by atoms with Gasteiger partial charge in [-0.25, -0.2) is 10.9 Å². The number of hydrogen-bond acceptors (Lipinski definition) is 5. The number of carbonyl (C=O) groups is 1. The molecule has 6 aliphatic rings. The van der Waals surface area contributed by atoms with E-state index >= 15 is 0 Å². The standard InChI is InChI=1S/C22H31N5O/c28-22(16-6-7-18-19(12-16)24-25-23-18)27-13-17(14-4-2-1-3-5-14)21-20(27)15-8-10-26(21)11-9-15/h1-5,15-21,23-25H,6-13H2/t16?,17-,18?,19?,20-,21-/m1/s1. The number of hydrazine groups is 2. The molecule has 6 fully saturated rings. The van der Waals surface area contributed by atoms with Crippen molar-refractivity contribution in [1.82, 2.24) is 26.2 Å². The topological polar surface area (TPSA) is 59.6 Å². The van der Waals surface area contributed by atoms with Gasteiger partial charge in [0, 0.05) is 36.5 Å². The molecule has 0 radical (unpaired) electrons. The zero-order valence-electron chi connectivity index (χ0n) is 16.4. The van der Waals surface area contributed by atoms with Crippen molar-refractivity contribution in [3.05, 3.63) is 35.9 Å². The number of amides is 1. The fourth-order valence-electron chi connectivity index (χ4n) is 6.86. The van der Waals surface area contributed by atoms with Crippen LogP contribution in [0.3, 0.4) is 0 Å². The van der Waals surface area contributed by atoms with Crippen LogP contribution in [0.4, 0.5) is 0 Å². The Balaban J connectivity index is 1.28. The van der Waals surface area contributed by atoms with Gasteiger partial charge in [-0.2, -0.15) is 5.53 Å². The Bertz CT molecular complexity index is 734. The number of nitrogens with zero attached hydrogens (tertiary/aromatic N) is 2. The fraction of sp³-hybridized carbons (Fsp3) is 0.682. The largest absolute Gasteiger partial charge is 0.337 e. The van der Waals surface area contributed by atoms with E-state index in [-0.39, 0.29) is 5.92 Å². The van der Waals surface area contributed by atoms with E-state index in [0.29, 0.717) is 41.9 Å². The molecule has 1 aromatic rings. The number of nitrogens with one attached hydrogen (secondary N) is 3. The van der Waals surface area contributed by atoms with Crippen molar-refractivity contribution in [2.45, 2.75) is 62.2 Å². The number of carbonyl (C=O) groups excluding carboxylic acids is 1. The lowest BCUT2D eigenvalue weighted by Gasteiger charge is -2.51. The van der Waals surface area contributed by atoms with Crippen LogP contribution < -0.4 is 16.4 Å². The van der Waals surface area contributed by atoms with Crippen molar-refractivity contribution in [2.24, 2.45) is 11.8 Å². The van der Waals surface area contributed by atoms with Crippen molar-refractivity contribution in [1.29, 1.82) is 0 Å². The molecule has 6 nitrogen and oxygen atoms in total. The van der Waals surface area contributed by atoms with Gasteiger partial charge >= 0.3 is 0 Å². The Morgan fingerprint density at radius 3 is 2.54 bits per heavy atom. The summed E-state index contributed by atoms with van der Waals surface area (Å²) in [6.45, 7) is 3.33. The molecule has 0 aromatic heterocycles. The Hall–Kier alpha value is -1.47. The van der Waals surface area contributed by atoms with E-state index in [0.717, 1.165) is 25.8 Å². The number of hydrogen-bond donors (Lipinski definition) is 3. The maximum absolute atomic E-state index is 13.7. The maximum Gasteiger partial charge on any atom is 0.226 e. The summed E-state index contributed by atoms with van der Waals surface area (Å²) in [5.41, 5.74) is 11.1. The minimum absolute atomic E-state index is 0.168. The van der Waals surface area contributed by atoms with Crippen LogP contribution in [0.1, 0.15) is 43.6 Å². The number of likely N-dealkylation sites (tertiary alicyclic amines) is 1. The molecule has 7 rings (SSSR count). The molecule has 0 spiro atoms. The number of fused-ring (bicyclic) bond motifs is 3. The molecule has 150 valence electrons.